The molecule has 0 aliphatic rings. The number of aliphatic hydroxyl groups excluding tert-OH is 1. The third-order valence-corrected chi connectivity index (χ3v) is 3.71. The molecule has 0 aliphatic carbocycles. The van der Waals surface area contributed by atoms with Crippen molar-refractivity contribution >= 4 is 10.0 Å². The average molecular weight is 287 g/mol. The summed E-state index contributed by atoms with van der Waals surface area (Å²) in [5.74, 6) is -0.778. The molecular formula is C10H10FN3O4S. The van der Waals surface area contributed by atoms with Crippen LogP contribution in [0.2, 0.25) is 0 Å². The Morgan fingerprint density at radius 2 is 2.21 bits per heavy atom. The van der Waals surface area contributed by atoms with Crippen LogP contribution in [0, 0.1) is 5.82 Å². The third kappa shape index (κ3) is 3.13. The zero-order chi connectivity index (χ0) is 13.9. The summed E-state index contributed by atoms with van der Waals surface area (Å²) in [5, 5.41) is 12.4. The Morgan fingerprint density at radius 1 is 1.42 bits per heavy atom. The van der Waals surface area contributed by atoms with Gasteiger partial charge in [0.05, 0.1) is 13.2 Å². The first-order chi connectivity index (χ1) is 9.03. The van der Waals surface area contributed by atoms with Crippen molar-refractivity contribution in [1.29, 1.82) is 0 Å². The zero-order valence-electron chi connectivity index (χ0n) is 9.58. The SMILES string of the molecule is O=S(=O)(NCc1ncon1)c1cc(CO)ccc1F. The lowest BCUT2D eigenvalue weighted by atomic mass is 10.2. The maximum Gasteiger partial charge on any atom is 0.243 e. The molecule has 0 amide bonds. The number of benzene rings is 1. The Kier molecular flexibility index (Phi) is 3.88. The van der Waals surface area contributed by atoms with Crippen LogP contribution in [0.3, 0.4) is 0 Å². The van der Waals surface area contributed by atoms with Gasteiger partial charge in [-0.25, -0.2) is 17.5 Å². The van der Waals surface area contributed by atoms with Crippen molar-refractivity contribution in [3.05, 3.63) is 41.8 Å². The molecule has 2 aromatic rings. The van der Waals surface area contributed by atoms with Gasteiger partial charge >= 0.3 is 0 Å². The van der Waals surface area contributed by atoms with Crippen molar-refractivity contribution in [2.45, 2.75) is 18.0 Å². The van der Waals surface area contributed by atoms with Crippen LogP contribution in [0.1, 0.15) is 11.4 Å². The fraction of sp³-hybridized carbons (Fsp3) is 0.200. The number of nitrogens with one attached hydrogen (secondary N) is 1. The summed E-state index contributed by atoms with van der Waals surface area (Å²) in [5.41, 5.74) is 0.293. The van der Waals surface area contributed by atoms with E-state index in [-0.39, 0.29) is 19.0 Å². The van der Waals surface area contributed by atoms with E-state index in [1.54, 1.807) is 0 Å². The van der Waals surface area contributed by atoms with E-state index < -0.39 is 20.7 Å². The summed E-state index contributed by atoms with van der Waals surface area (Å²) in [6, 6.07) is 3.34. The maximum atomic E-state index is 13.5. The van der Waals surface area contributed by atoms with Crippen LogP contribution in [0.5, 0.6) is 0 Å². The van der Waals surface area contributed by atoms with E-state index in [0.717, 1.165) is 18.5 Å². The minimum absolute atomic E-state index is 0.127. The Labute approximate surface area is 108 Å². The number of nitrogens with zero attached hydrogens (tertiary/aromatic N) is 2. The standard InChI is InChI=1S/C10H10FN3O4S/c11-8-2-1-7(5-15)3-9(8)19(16,17)13-4-10-12-6-18-14-10/h1-3,6,13,15H,4-5H2. The fourth-order valence-electron chi connectivity index (χ4n) is 1.36. The van der Waals surface area contributed by atoms with Gasteiger partial charge in [0.25, 0.3) is 0 Å². The second-order valence-electron chi connectivity index (χ2n) is 3.59. The van der Waals surface area contributed by atoms with Crippen LogP contribution in [0.4, 0.5) is 4.39 Å². The van der Waals surface area contributed by atoms with E-state index >= 15 is 0 Å². The smallest absolute Gasteiger partial charge is 0.243 e. The molecule has 0 bridgehead atoms. The molecule has 9 heteroatoms. The lowest BCUT2D eigenvalue weighted by molar-refractivity contribution is 0.281. The first-order valence-electron chi connectivity index (χ1n) is 5.17. The van der Waals surface area contributed by atoms with Gasteiger partial charge < -0.3 is 9.63 Å². The molecule has 0 unspecified atom stereocenters. The van der Waals surface area contributed by atoms with Gasteiger partial charge in [-0.2, -0.15) is 4.98 Å². The molecule has 0 fully saturated rings. The molecule has 2 N–H and O–H groups in total. The highest BCUT2D eigenvalue weighted by molar-refractivity contribution is 7.89. The highest BCUT2D eigenvalue weighted by atomic mass is 32.2. The predicted octanol–water partition coefficient (Wildman–Crippen LogP) is 0.179. The summed E-state index contributed by atoms with van der Waals surface area (Å²) in [7, 11) is -4.06. The van der Waals surface area contributed by atoms with Crippen molar-refractivity contribution in [2.75, 3.05) is 0 Å². The molecule has 0 radical (unpaired) electrons. The first kappa shape index (κ1) is 13.6. The van der Waals surface area contributed by atoms with E-state index in [2.05, 4.69) is 19.4 Å². The summed E-state index contributed by atoms with van der Waals surface area (Å²) >= 11 is 0. The van der Waals surface area contributed by atoms with Crippen LogP contribution >= 0.6 is 0 Å². The molecule has 1 aromatic heterocycles. The van der Waals surface area contributed by atoms with Crippen molar-refractivity contribution in [2.24, 2.45) is 0 Å². The molecule has 0 aliphatic heterocycles. The second kappa shape index (κ2) is 5.43. The number of sulfonamides is 1. The molecule has 0 spiro atoms. The number of halogens is 1. The van der Waals surface area contributed by atoms with Gasteiger partial charge in [-0.15, -0.1) is 0 Å². The average Bonchev–Trinajstić information content (AvgIpc) is 2.90. The van der Waals surface area contributed by atoms with Crippen LogP contribution in [-0.4, -0.2) is 23.7 Å². The van der Waals surface area contributed by atoms with E-state index in [1.165, 1.54) is 6.07 Å². The molecule has 0 saturated heterocycles. The Balaban J connectivity index is 2.23. The topological polar surface area (TPSA) is 105 Å². The third-order valence-electron chi connectivity index (χ3n) is 2.29. The molecule has 2 rings (SSSR count). The minimum atomic E-state index is -4.06. The normalized spacial score (nSPS) is 11.7. The largest absolute Gasteiger partial charge is 0.392 e. The van der Waals surface area contributed by atoms with Crippen molar-refractivity contribution < 1.29 is 22.4 Å². The van der Waals surface area contributed by atoms with Crippen LogP contribution in [0.25, 0.3) is 0 Å². The zero-order valence-corrected chi connectivity index (χ0v) is 10.4. The summed E-state index contributed by atoms with van der Waals surface area (Å²) in [6.45, 7) is -0.602. The highest BCUT2D eigenvalue weighted by Gasteiger charge is 2.20. The van der Waals surface area contributed by atoms with Crippen LogP contribution in [-0.2, 0) is 23.2 Å². The van der Waals surface area contributed by atoms with Crippen LogP contribution < -0.4 is 4.72 Å². The molecule has 1 heterocycles. The quantitative estimate of drug-likeness (QED) is 0.812. The van der Waals surface area contributed by atoms with E-state index in [4.69, 9.17) is 5.11 Å². The molecule has 1 aromatic carbocycles. The van der Waals surface area contributed by atoms with Gasteiger partial charge in [0.1, 0.15) is 10.7 Å². The van der Waals surface area contributed by atoms with E-state index in [9.17, 15) is 12.8 Å². The van der Waals surface area contributed by atoms with Gasteiger partial charge in [0.2, 0.25) is 16.4 Å². The number of rotatable bonds is 5. The molecule has 0 saturated carbocycles. The first-order valence-corrected chi connectivity index (χ1v) is 6.65. The number of hydrogen-bond acceptors (Lipinski definition) is 6. The molecule has 102 valence electrons. The highest BCUT2D eigenvalue weighted by Crippen LogP contribution is 2.16. The predicted molar refractivity (Wildman–Crippen MR) is 60.6 cm³/mol. The van der Waals surface area contributed by atoms with E-state index in [1.807, 2.05) is 0 Å². The van der Waals surface area contributed by atoms with Gasteiger partial charge in [-0.05, 0) is 17.7 Å². The van der Waals surface area contributed by atoms with Gasteiger partial charge in [-0.3, -0.25) is 0 Å². The molecule has 19 heavy (non-hydrogen) atoms. The van der Waals surface area contributed by atoms with E-state index in [0.29, 0.717) is 5.56 Å². The van der Waals surface area contributed by atoms with Gasteiger partial charge in [-0.1, -0.05) is 11.2 Å². The lowest BCUT2D eigenvalue weighted by Crippen LogP contribution is -2.25. The number of aromatic nitrogens is 2. The minimum Gasteiger partial charge on any atom is -0.392 e. The summed E-state index contributed by atoms with van der Waals surface area (Å²) < 4.78 is 43.9. The number of hydrogen-bond donors (Lipinski definition) is 2. The Bertz CT molecular complexity index is 657. The van der Waals surface area contributed by atoms with Crippen molar-refractivity contribution in [3.8, 4) is 0 Å². The summed E-state index contributed by atoms with van der Waals surface area (Å²) in [4.78, 5) is 3.09. The molecular weight excluding hydrogens is 277 g/mol. The summed E-state index contributed by atoms with van der Waals surface area (Å²) in [6.07, 6.45) is 1.05. The monoisotopic (exact) mass is 287 g/mol. The fourth-order valence-corrected chi connectivity index (χ4v) is 2.47. The second-order valence-corrected chi connectivity index (χ2v) is 5.33. The van der Waals surface area contributed by atoms with Crippen molar-refractivity contribution in [3.63, 3.8) is 0 Å². The maximum absolute atomic E-state index is 13.5. The number of aliphatic hydroxyl groups is 1. The molecule has 0 atom stereocenters. The van der Waals surface area contributed by atoms with Crippen LogP contribution in [0.15, 0.2) is 34.0 Å². The van der Waals surface area contributed by atoms with Gasteiger partial charge in [0.15, 0.2) is 5.82 Å². The Hall–Kier alpha value is -1.84. The Morgan fingerprint density at radius 3 is 2.84 bits per heavy atom. The lowest BCUT2D eigenvalue weighted by Gasteiger charge is -2.07. The van der Waals surface area contributed by atoms with Crippen molar-refractivity contribution in [1.82, 2.24) is 14.9 Å². The molecule has 7 nitrogen and oxygen atoms in total. The van der Waals surface area contributed by atoms with Gasteiger partial charge in [0, 0.05) is 0 Å².